The van der Waals surface area contributed by atoms with E-state index in [1.165, 1.54) is 0 Å². The number of nitrogens with one attached hydrogen (secondary N) is 1. The second-order valence-corrected chi connectivity index (χ2v) is 12.6. The van der Waals surface area contributed by atoms with Gasteiger partial charge in [-0.3, -0.25) is 19.7 Å². The highest BCUT2D eigenvalue weighted by Gasteiger charge is 2.29. The van der Waals surface area contributed by atoms with Crippen LogP contribution in [-0.2, 0) is 22.5 Å². The molecule has 2 fully saturated rings. The van der Waals surface area contributed by atoms with E-state index in [2.05, 4.69) is 15.2 Å². The molecule has 2 aliphatic heterocycles. The van der Waals surface area contributed by atoms with Crippen molar-refractivity contribution in [3.63, 3.8) is 0 Å². The first kappa shape index (κ1) is 33.1. The number of carbonyl (C=O) groups is 1. The van der Waals surface area contributed by atoms with E-state index in [0.29, 0.717) is 76.4 Å². The predicted molar refractivity (Wildman–Crippen MR) is 182 cm³/mol. The predicted octanol–water partition coefficient (Wildman–Crippen LogP) is 6.41. The van der Waals surface area contributed by atoms with Crippen LogP contribution in [0.25, 0.3) is 33.6 Å². The summed E-state index contributed by atoms with van der Waals surface area (Å²) in [5.74, 6) is 1.05. The van der Waals surface area contributed by atoms with E-state index in [-0.39, 0.29) is 11.9 Å². The molecule has 1 amide bonds. The summed E-state index contributed by atoms with van der Waals surface area (Å²) in [5.41, 5.74) is 5.65. The molecule has 47 heavy (non-hydrogen) atoms. The first-order valence-electron chi connectivity index (χ1n) is 15.8. The number of hydrogen-bond acceptors (Lipinski definition) is 9. The molecule has 2 atom stereocenters. The highest BCUT2D eigenvalue weighted by atomic mass is 35.5. The molecule has 2 aromatic carbocycles. The molecule has 246 valence electrons. The summed E-state index contributed by atoms with van der Waals surface area (Å²) in [6, 6.07) is 12.1. The number of methoxy groups -OCH3 is 3. The van der Waals surface area contributed by atoms with Gasteiger partial charge in [0, 0.05) is 61.0 Å². The third-order valence-electron chi connectivity index (χ3n) is 8.88. The van der Waals surface area contributed by atoms with Crippen LogP contribution in [0, 0.1) is 0 Å². The Bertz CT molecular complexity index is 1760. The molecule has 0 unspecified atom stereocenters. The molecule has 2 aromatic heterocycles. The van der Waals surface area contributed by atoms with E-state index in [9.17, 15) is 4.79 Å². The van der Waals surface area contributed by atoms with Gasteiger partial charge in [-0.25, -0.2) is 9.97 Å². The molecule has 0 radical (unpaired) electrons. The molecular formula is C35H38Cl2N6O4. The average molecular weight is 678 g/mol. The number of nitrogens with zero attached hydrogens (tertiary/aromatic N) is 5. The maximum Gasteiger partial charge on any atom is 0.237 e. The number of ether oxygens (including phenoxy) is 3. The van der Waals surface area contributed by atoms with Crippen LogP contribution in [0.5, 0.6) is 11.8 Å². The van der Waals surface area contributed by atoms with Crippen LogP contribution in [0.3, 0.4) is 0 Å². The molecule has 0 aliphatic carbocycles. The Morgan fingerprint density at radius 2 is 1.45 bits per heavy atom. The summed E-state index contributed by atoms with van der Waals surface area (Å²) < 4.78 is 16.6. The number of rotatable bonds is 13. The molecule has 4 heterocycles. The number of hydrogen-bond donors (Lipinski definition) is 1. The quantitative estimate of drug-likeness (QED) is 0.172. The van der Waals surface area contributed by atoms with Gasteiger partial charge in [0.2, 0.25) is 17.7 Å². The van der Waals surface area contributed by atoms with E-state index < -0.39 is 0 Å². The number of carbonyl (C=O) groups excluding carboxylic acids is 1. The van der Waals surface area contributed by atoms with Crippen LogP contribution >= 0.6 is 23.2 Å². The topological polar surface area (TPSA) is 112 Å². The fourth-order valence-corrected chi connectivity index (χ4v) is 6.87. The zero-order valence-electron chi connectivity index (χ0n) is 26.8. The van der Waals surface area contributed by atoms with Gasteiger partial charge >= 0.3 is 0 Å². The maximum absolute atomic E-state index is 11.5. The summed E-state index contributed by atoms with van der Waals surface area (Å²) in [4.78, 5) is 32.8. The molecule has 2 saturated heterocycles. The second kappa shape index (κ2) is 14.9. The molecule has 0 bridgehead atoms. The molecular weight excluding hydrogens is 639 g/mol. The largest absolute Gasteiger partial charge is 0.480 e. The van der Waals surface area contributed by atoms with Crippen molar-refractivity contribution in [1.82, 2.24) is 30.2 Å². The minimum absolute atomic E-state index is 0.126. The van der Waals surface area contributed by atoms with Crippen molar-refractivity contribution in [3.05, 3.63) is 70.2 Å². The lowest BCUT2D eigenvalue weighted by Crippen LogP contribution is -2.49. The zero-order valence-corrected chi connectivity index (χ0v) is 28.3. The molecule has 12 heteroatoms. The fourth-order valence-electron chi connectivity index (χ4n) is 6.22. The summed E-state index contributed by atoms with van der Waals surface area (Å²) in [5, 5.41) is 4.00. The average Bonchev–Trinajstić information content (AvgIpc) is 3.50. The monoisotopic (exact) mass is 676 g/mol. The van der Waals surface area contributed by atoms with Crippen molar-refractivity contribution >= 4 is 29.1 Å². The summed E-state index contributed by atoms with van der Waals surface area (Å²) in [6.45, 7) is 2.31. The van der Waals surface area contributed by atoms with Crippen molar-refractivity contribution < 1.29 is 19.0 Å². The third-order valence-corrected chi connectivity index (χ3v) is 9.69. The Labute approximate surface area is 284 Å². The number of likely N-dealkylation sites (tertiary alicyclic amines) is 1. The van der Waals surface area contributed by atoms with Gasteiger partial charge in [-0.2, -0.15) is 0 Å². The summed E-state index contributed by atoms with van der Waals surface area (Å²) in [7, 11) is 4.91. The van der Waals surface area contributed by atoms with Gasteiger partial charge in [-0.15, -0.1) is 0 Å². The molecule has 4 aromatic rings. The number of benzene rings is 2. The second-order valence-electron chi connectivity index (χ2n) is 11.8. The maximum atomic E-state index is 11.5. The normalized spacial score (nSPS) is 17.8. The van der Waals surface area contributed by atoms with Crippen molar-refractivity contribution in [1.29, 1.82) is 0 Å². The molecule has 10 nitrogen and oxygen atoms in total. The Balaban J connectivity index is 1.23. The van der Waals surface area contributed by atoms with E-state index in [0.717, 1.165) is 54.7 Å². The number of aromatic nitrogens is 4. The highest BCUT2D eigenvalue weighted by Crippen LogP contribution is 2.42. The van der Waals surface area contributed by atoms with Gasteiger partial charge in [0.05, 0.1) is 54.7 Å². The molecule has 2 aliphatic rings. The van der Waals surface area contributed by atoms with Gasteiger partial charge < -0.3 is 19.5 Å². The fraction of sp³-hybridized carbons (Fsp3) is 0.400. The van der Waals surface area contributed by atoms with Gasteiger partial charge in [0.1, 0.15) is 11.4 Å². The van der Waals surface area contributed by atoms with Gasteiger partial charge in [0.15, 0.2) is 0 Å². The van der Waals surface area contributed by atoms with Gasteiger partial charge in [0.25, 0.3) is 0 Å². The van der Waals surface area contributed by atoms with E-state index in [4.69, 9.17) is 52.4 Å². The van der Waals surface area contributed by atoms with Crippen LogP contribution in [0.1, 0.15) is 43.5 Å². The van der Waals surface area contributed by atoms with E-state index >= 15 is 0 Å². The van der Waals surface area contributed by atoms with Crippen LogP contribution in [0.15, 0.2) is 48.8 Å². The van der Waals surface area contributed by atoms with Gasteiger partial charge in [-0.1, -0.05) is 59.6 Å². The lowest BCUT2D eigenvalue weighted by atomic mass is 9.98. The molecule has 0 saturated carbocycles. The van der Waals surface area contributed by atoms with Crippen LogP contribution in [0.4, 0.5) is 0 Å². The van der Waals surface area contributed by atoms with Crippen molar-refractivity contribution in [2.75, 3.05) is 34.5 Å². The standard InChI is InChI=1S/C35H38Cl2N6O4/c1-45-20-22-15-16-43(22)19-30-35(47-3)42-29(18-39-30)26-11-6-9-24(33(26)37)23-8-5-10-25(32(23)36)28-17-38-27(34(41-28)46-2)12-4-7-21-13-14-31(44)40-21/h5-6,8-11,17-18,21-22H,4,7,12-16,19-20H2,1-3H3,(H,40,44)/t21-,22+/m1/s1. The first-order chi connectivity index (χ1) is 22.9. The first-order valence-corrected chi connectivity index (χ1v) is 16.6. The van der Waals surface area contributed by atoms with Gasteiger partial charge in [-0.05, 0) is 32.1 Å². The number of aryl methyl sites for hydroxylation is 1. The molecule has 6 rings (SSSR count). The zero-order chi connectivity index (χ0) is 32.9. The summed E-state index contributed by atoms with van der Waals surface area (Å²) >= 11 is 14.1. The minimum atomic E-state index is 0.126. The smallest absolute Gasteiger partial charge is 0.237 e. The number of halogens is 2. The Kier molecular flexibility index (Phi) is 10.5. The van der Waals surface area contributed by atoms with E-state index in [1.54, 1.807) is 33.7 Å². The lowest BCUT2D eigenvalue weighted by Gasteiger charge is -2.40. The molecule has 0 spiro atoms. The van der Waals surface area contributed by atoms with Crippen LogP contribution in [0.2, 0.25) is 10.0 Å². The summed E-state index contributed by atoms with van der Waals surface area (Å²) in [6.07, 6.45) is 8.49. The Morgan fingerprint density at radius 1 is 0.851 bits per heavy atom. The van der Waals surface area contributed by atoms with Crippen molar-refractivity contribution in [2.45, 2.75) is 57.2 Å². The van der Waals surface area contributed by atoms with Crippen LogP contribution in [-0.4, -0.2) is 77.3 Å². The van der Waals surface area contributed by atoms with Crippen LogP contribution < -0.4 is 14.8 Å². The minimum Gasteiger partial charge on any atom is -0.480 e. The highest BCUT2D eigenvalue weighted by molar-refractivity contribution is 6.39. The van der Waals surface area contributed by atoms with Crippen molar-refractivity contribution in [2.24, 2.45) is 0 Å². The van der Waals surface area contributed by atoms with E-state index in [1.807, 2.05) is 36.4 Å². The molecule has 1 N–H and O–H groups in total. The Hall–Kier alpha value is -3.83. The SMILES string of the molecule is COC[C@@H]1CCN1Cc1ncc(-c2cccc(-c3cccc(-c4cnc(CCC[C@@H]5CCC(=O)N5)c(OC)n4)c3Cl)c2Cl)nc1OC. The number of amides is 1. The van der Waals surface area contributed by atoms with Crippen molar-refractivity contribution in [3.8, 4) is 45.4 Å². The Morgan fingerprint density at radius 3 is 1.98 bits per heavy atom. The lowest BCUT2D eigenvalue weighted by molar-refractivity contribution is -0.119. The third kappa shape index (κ3) is 7.21.